The Labute approximate surface area is 145 Å². The number of imidazole rings is 1. The normalized spacial score (nSPS) is 11.9. The average molecular weight is 344 g/mol. The van der Waals surface area contributed by atoms with E-state index in [-0.39, 0.29) is 13.1 Å². The van der Waals surface area contributed by atoms with Crippen molar-refractivity contribution in [1.82, 2.24) is 9.55 Å². The maximum absolute atomic E-state index is 11.0. The number of hydrogen-bond donors (Lipinski definition) is 1. The summed E-state index contributed by atoms with van der Waals surface area (Å²) in [6, 6.07) is 5.61. The molecule has 6 nitrogen and oxygen atoms in total. The van der Waals surface area contributed by atoms with Crippen LogP contribution >= 0.6 is 11.6 Å². The number of carbonyl (C=O) groups is 1. The van der Waals surface area contributed by atoms with Crippen LogP contribution in [0, 0.1) is 6.92 Å². The van der Waals surface area contributed by atoms with Crippen LogP contribution < -0.4 is 5.73 Å². The molecule has 0 bridgehead atoms. The van der Waals surface area contributed by atoms with Crippen LogP contribution in [0.15, 0.2) is 46.7 Å². The number of aldehydes is 1. The Bertz CT molecular complexity index is 807. The standard InChI is InChI=1S/C17H18ClN5O/c1-12-9-13(3-4-15(12)18)17-21-10-14(6-8-24)23(17)16(22-11-19)5-7-20-2/h3-5,7-10H,2,6,11,19H2,1H3/b7-5-,22-16+. The van der Waals surface area contributed by atoms with Crippen LogP contribution in [0.25, 0.3) is 11.4 Å². The molecule has 0 saturated heterocycles. The first kappa shape index (κ1) is 17.8. The van der Waals surface area contributed by atoms with Crippen molar-refractivity contribution in [3.05, 3.63) is 53.0 Å². The van der Waals surface area contributed by atoms with Gasteiger partial charge in [0.25, 0.3) is 0 Å². The molecule has 1 heterocycles. The summed E-state index contributed by atoms with van der Waals surface area (Å²) in [4.78, 5) is 23.4. The van der Waals surface area contributed by atoms with E-state index in [1.165, 1.54) is 6.20 Å². The average Bonchev–Trinajstić information content (AvgIpc) is 2.98. The van der Waals surface area contributed by atoms with Crippen molar-refractivity contribution >= 4 is 30.4 Å². The molecule has 1 aromatic carbocycles. The highest BCUT2D eigenvalue weighted by molar-refractivity contribution is 6.31. The van der Waals surface area contributed by atoms with Gasteiger partial charge in [-0.15, -0.1) is 0 Å². The van der Waals surface area contributed by atoms with Crippen molar-refractivity contribution in [3.8, 4) is 11.4 Å². The van der Waals surface area contributed by atoms with E-state index in [1.807, 2.05) is 25.1 Å². The van der Waals surface area contributed by atoms with Crippen LogP contribution in [0.2, 0.25) is 5.02 Å². The van der Waals surface area contributed by atoms with Gasteiger partial charge in [-0.2, -0.15) is 0 Å². The first-order valence-corrected chi connectivity index (χ1v) is 7.64. The van der Waals surface area contributed by atoms with Gasteiger partial charge in [-0.1, -0.05) is 11.6 Å². The number of allylic oxidation sites excluding steroid dienone is 1. The molecule has 0 radical (unpaired) electrons. The third-order valence-electron chi connectivity index (χ3n) is 3.35. The van der Waals surface area contributed by atoms with Crippen molar-refractivity contribution in [1.29, 1.82) is 0 Å². The molecular formula is C17H18ClN5O. The number of aromatic nitrogens is 2. The Balaban J connectivity index is 2.66. The van der Waals surface area contributed by atoms with Crippen LogP contribution in [0.5, 0.6) is 0 Å². The molecule has 124 valence electrons. The Kier molecular flexibility index (Phi) is 6.17. The van der Waals surface area contributed by atoms with E-state index in [4.69, 9.17) is 17.3 Å². The van der Waals surface area contributed by atoms with E-state index >= 15 is 0 Å². The minimum atomic E-state index is 0.0919. The second kappa shape index (κ2) is 8.33. The Morgan fingerprint density at radius 3 is 2.92 bits per heavy atom. The third kappa shape index (κ3) is 3.84. The van der Waals surface area contributed by atoms with E-state index in [0.717, 1.165) is 17.4 Å². The molecule has 0 aliphatic carbocycles. The summed E-state index contributed by atoms with van der Waals surface area (Å²) in [5.74, 6) is 1.18. The molecule has 24 heavy (non-hydrogen) atoms. The van der Waals surface area contributed by atoms with Gasteiger partial charge in [-0.3, -0.25) is 14.6 Å². The van der Waals surface area contributed by atoms with Crippen LogP contribution in [0.3, 0.4) is 0 Å². The van der Waals surface area contributed by atoms with E-state index < -0.39 is 0 Å². The third-order valence-corrected chi connectivity index (χ3v) is 3.78. The number of rotatable bonds is 6. The fourth-order valence-electron chi connectivity index (χ4n) is 2.27. The zero-order valence-corrected chi connectivity index (χ0v) is 14.1. The molecule has 2 rings (SSSR count). The molecule has 0 saturated carbocycles. The topological polar surface area (TPSA) is 85.6 Å². The van der Waals surface area contributed by atoms with Crippen LogP contribution in [0.1, 0.15) is 11.3 Å². The monoisotopic (exact) mass is 343 g/mol. The largest absolute Gasteiger partial charge is 0.312 e. The van der Waals surface area contributed by atoms with Gasteiger partial charge in [0, 0.05) is 29.4 Å². The minimum Gasteiger partial charge on any atom is -0.312 e. The number of hydrogen-bond acceptors (Lipinski definition) is 5. The molecule has 2 aromatic rings. The molecule has 2 N–H and O–H groups in total. The van der Waals surface area contributed by atoms with E-state index in [0.29, 0.717) is 22.4 Å². The molecule has 0 spiro atoms. The summed E-state index contributed by atoms with van der Waals surface area (Å²) in [7, 11) is 0. The predicted molar refractivity (Wildman–Crippen MR) is 97.8 cm³/mol. The Morgan fingerprint density at radius 1 is 1.50 bits per heavy atom. The predicted octanol–water partition coefficient (Wildman–Crippen LogP) is 2.63. The molecule has 1 aromatic heterocycles. The van der Waals surface area contributed by atoms with Gasteiger partial charge < -0.3 is 10.5 Å². The van der Waals surface area contributed by atoms with Gasteiger partial charge >= 0.3 is 0 Å². The minimum absolute atomic E-state index is 0.0919. The number of nitrogens with two attached hydrogens (primary N) is 1. The number of carbonyl (C=O) groups excluding carboxylic acids is 1. The Hall–Kier alpha value is -2.57. The number of aryl methyl sites for hydroxylation is 1. The summed E-state index contributed by atoms with van der Waals surface area (Å²) in [6.45, 7) is 5.43. The molecule has 0 aliphatic rings. The van der Waals surface area contributed by atoms with Gasteiger partial charge in [0.1, 0.15) is 17.9 Å². The molecule has 0 unspecified atom stereocenters. The van der Waals surface area contributed by atoms with Gasteiger partial charge in [0.15, 0.2) is 0 Å². The lowest BCUT2D eigenvalue weighted by Gasteiger charge is -2.12. The lowest BCUT2D eigenvalue weighted by Crippen LogP contribution is -2.16. The van der Waals surface area contributed by atoms with Crippen LogP contribution in [-0.2, 0) is 11.2 Å². The zero-order valence-electron chi connectivity index (χ0n) is 13.3. The molecule has 0 fully saturated rings. The van der Waals surface area contributed by atoms with Crippen LogP contribution in [-0.4, -0.2) is 35.1 Å². The number of aliphatic imine (C=N–C) groups is 2. The van der Waals surface area contributed by atoms with E-state index in [9.17, 15) is 4.79 Å². The quantitative estimate of drug-likeness (QED) is 0.497. The zero-order chi connectivity index (χ0) is 17.5. The van der Waals surface area contributed by atoms with E-state index in [2.05, 4.69) is 21.7 Å². The lowest BCUT2D eigenvalue weighted by molar-refractivity contribution is -0.107. The number of nitrogens with zero attached hydrogens (tertiary/aromatic N) is 4. The molecule has 0 atom stereocenters. The van der Waals surface area contributed by atoms with Gasteiger partial charge in [-0.25, -0.2) is 4.98 Å². The summed E-state index contributed by atoms with van der Waals surface area (Å²) in [6.07, 6.45) is 5.85. The lowest BCUT2D eigenvalue weighted by atomic mass is 10.1. The summed E-state index contributed by atoms with van der Waals surface area (Å²) >= 11 is 6.10. The fraction of sp³-hybridized carbons (Fsp3) is 0.176. The highest BCUT2D eigenvalue weighted by Gasteiger charge is 2.15. The summed E-state index contributed by atoms with van der Waals surface area (Å²) in [5.41, 5.74) is 8.07. The van der Waals surface area contributed by atoms with E-state index in [1.54, 1.807) is 16.8 Å². The maximum atomic E-state index is 11.0. The van der Waals surface area contributed by atoms with Gasteiger partial charge in [-0.05, 0) is 43.5 Å². The van der Waals surface area contributed by atoms with Crippen LogP contribution in [0.4, 0.5) is 0 Å². The molecule has 7 heteroatoms. The summed E-state index contributed by atoms with van der Waals surface area (Å²) < 4.78 is 1.78. The summed E-state index contributed by atoms with van der Waals surface area (Å²) in [5, 5.41) is 0.677. The molecular weight excluding hydrogens is 326 g/mol. The highest BCUT2D eigenvalue weighted by Crippen LogP contribution is 2.25. The van der Waals surface area contributed by atoms with Gasteiger partial charge in [0.05, 0.1) is 12.4 Å². The Morgan fingerprint density at radius 2 is 2.29 bits per heavy atom. The second-order valence-corrected chi connectivity index (χ2v) is 5.35. The fourth-order valence-corrected chi connectivity index (χ4v) is 2.39. The number of benzene rings is 1. The second-order valence-electron chi connectivity index (χ2n) is 4.94. The SMILES string of the molecule is C=N/C=C\C(=N/CN)n1c(CC=O)cnc1-c1ccc(Cl)c(C)c1. The van der Waals surface area contributed by atoms with Gasteiger partial charge in [0.2, 0.25) is 0 Å². The molecule has 0 aliphatic heterocycles. The van der Waals surface area contributed by atoms with Crippen molar-refractivity contribution in [3.63, 3.8) is 0 Å². The smallest absolute Gasteiger partial charge is 0.145 e. The van der Waals surface area contributed by atoms with Crippen molar-refractivity contribution in [2.75, 3.05) is 6.67 Å². The number of halogens is 1. The first-order valence-electron chi connectivity index (χ1n) is 7.26. The maximum Gasteiger partial charge on any atom is 0.145 e. The first-order chi connectivity index (χ1) is 11.6. The van der Waals surface area contributed by atoms with Crippen molar-refractivity contribution in [2.45, 2.75) is 13.3 Å². The highest BCUT2D eigenvalue weighted by atomic mass is 35.5. The molecule has 0 amide bonds. The van der Waals surface area contributed by atoms with Crippen molar-refractivity contribution in [2.24, 2.45) is 15.7 Å². The van der Waals surface area contributed by atoms with Crippen molar-refractivity contribution < 1.29 is 4.79 Å².